The summed E-state index contributed by atoms with van der Waals surface area (Å²) in [5.74, 6) is -1.26. The van der Waals surface area contributed by atoms with Gasteiger partial charge in [-0.05, 0) is 30.2 Å². The third kappa shape index (κ3) is 3.78. The van der Waals surface area contributed by atoms with Gasteiger partial charge in [0.15, 0.2) is 0 Å². The van der Waals surface area contributed by atoms with Gasteiger partial charge in [0.25, 0.3) is 0 Å². The Morgan fingerprint density at radius 1 is 1.18 bits per heavy atom. The van der Waals surface area contributed by atoms with E-state index in [-0.39, 0.29) is 24.3 Å². The lowest BCUT2D eigenvalue weighted by atomic mass is 9.88. The standard InChI is InChI=1S/C22H24FN3O2/c1-15-13-25(14-16-5-3-2-4-6-16)9-10-26(15)22(28)19-12-21(27)24-20-11-17(23)7-8-18(19)20/h2-8,11,15,19H,9-10,12-14H2,1H3,(H,24,27). The van der Waals surface area contributed by atoms with Crippen LogP contribution in [0.25, 0.3) is 0 Å². The predicted molar refractivity (Wildman–Crippen MR) is 105 cm³/mol. The number of benzene rings is 2. The van der Waals surface area contributed by atoms with E-state index < -0.39 is 11.7 Å². The molecule has 1 N–H and O–H groups in total. The molecule has 1 fully saturated rings. The second-order valence-electron chi connectivity index (χ2n) is 7.64. The highest BCUT2D eigenvalue weighted by atomic mass is 19.1. The van der Waals surface area contributed by atoms with Crippen LogP contribution in [-0.2, 0) is 16.1 Å². The first-order valence-corrected chi connectivity index (χ1v) is 9.67. The lowest BCUT2D eigenvalue weighted by Gasteiger charge is -2.42. The molecule has 6 heteroatoms. The van der Waals surface area contributed by atoms with Crippen LogP contribution < -0.4 is 5.32 Å². The Labute approximate surface area is 164 Å². The number of carbonyl (C=O) groups excluding carboxylic acids is 2. The molecule has 0 radical (unpaired) electrons. The quantitative estimate of drug-likeness (QED) is 0.889. The lowest BCUT2D eigenvalue weighted by molar-refractivity contribution is -0.139. The van der Waals surface area contributed by atoms with Crippen molar-refractivity contribution in [3.8, 4) is 0 Å². The number of piperazine rings is 1. The molecule has 2 aromatic carbocycles. The summed E-state index contributed by atoms with van der Waals surface area (Å²) >= 11 is 0. The second kappa shape index (κ2) is 7.72. The van der Waals surface area contributed by atoms with Gasteiger partial charge in [0.2, 0.25) is 11.8 Å². The van der Waals surface area contributed by atoms with Crippen molar-refractivity contribution in [2.45, 2.75) is 31.8 Å². The highest BCUT2D eigenvalue weighted by Crippen LogP contribution is 2.34. The number of halogens is 1. The molecule has 2 heterocycles. The first kappa shape index (κ1) is 18.6. The maximum Gasteiger partial charge on any atom is 0.231 e. The van der Waals surface area contributed by atoms with Crippen LogP contribution in [0.5, 0.6) is 0 Å². The zero-order valence-electron chi connectivity index (χ0n) is 15.9. The molecular weight excluding hydrogens is 357 g/mol. The Hall–Kier alpha value is -2.73. The minimum atomic E-state index is -0.549. The molecule has 2 unspecified atom stereocenters. The van der Waals surface area contributed by atoms with E-state index in [2.05, 4.69) is 22.3 Å². The zero-order valence-corrected chi connectivity index (χ0v) is 15.9. The number of nitrogens with zero attached hydrogens (tertiary/aromatic N) is 2. The summed E-state index contributed by atoms with van der Waals surface area (Å²) in [6, 6.07) is 14.6. The molecule has 2 atom stereocenters. The van der Waals surface area contributed by atoms with Crippen LogP contribution in [0.4, 0.5) is 10.1 Å². The maximum absolute atomic E-state index is 13.5. The van der Waals surface area contributed by atoms with Gasteiger partial charge in [-0.2, -0.15) is 0 Å². The number of anilines is 1. The molecule has 1 saturated heterocycles. The van der Waals surface area contributed by atoms with Crippen molar-refractivity contribution in [3.05, 3.63) is 65.5 Å². The molecular formula is C22H24FN3O2. The van der Waals surface area contributed by atoms with Gasteiger partial charge in [0, 0.05) is 44.3 Å². The topological polar surface area (TPSA) is 52.7 Å². The number of fused-ring (bicyclic) bond motifs is 1. The third-order valence-electron chi connectivity index (χ3n) is 5.60. The smallest absolute Gasteiger partial charge is 0.231 e. The third-order valence-corrected chi connectivity index (χ3v) is 5.60. The molecule has 2 aromatic rings. The van der Waals surface area contributed by atoms with Crippen molar-refractivity contribution in [1.29, 1.82) is 0 Å². The van der Waals surface area contributed by atoms with Crippen molar-refractivity contribution in [2.75, 3.05) is 25.0 Å². The molecule has 28 heavy (non-hydrogen) atoms. The summed E-state index contributed by atoms with van der Waals surface area (Å²) in [4.78, 5) is 29.5. The van der Waals surface area contributed by atoms with Gasteiger partial charge in [-0.3, -0.25) is 14.5 Å². The molecule has 0 bridgehead atoms. The fourth-order valence-corrected chi connectivity index (χ4v) is 4.20. The van der Waals surface area contributed by atoms with Crippen LogP contribution in [0.3, 0.4) is 0 Å². The molecule has 0 aromatic heterocycles. The van der Waals surface area contributed by atoms with Gasteiger partial charge in [0.05, 0.1) is 5.92 Å². The van der Waals surface area contributed by atoms with Gasteiger partial charge in [0.1, 0.15) is 5.82 Å². The highest BCUT2D eigenvalue weighted by molar-refractivity contribution is 6.01. The van der Waals surface area contributed by atoms with Crippen LogP contribution in [0.15, 0.2) is 48.5 Å². The fraction of sp³-hybridized carbons (Fsp3) is 0.364. The summed E-state index contributed by atoms with van der Waals surface area (Å²) < 4.78 is 13.5. The monoisotopic (exact) mass is 381 g/mol. The van der Waals surface area contributed by atoms with Gasteiger partial charge in [-0.1, -0.05) is 36.4 Å². The Morgan fingerprint density at radius 2 is 1.96 bits per heavy atom. The van der Waals surface area contributed by atoms with E-state index in [0.717, 1.165) is 19.6 Å². The van der Waals surface area contributed by atoms with E-state index in [4.69, 9.17) is 0 Å². The summed E-state index contributed by atoms with van der Waals surface area (Å²) in [6.07, 6.45) is 0.106. The molecule has 0 spiro atoms. The maximum atomic E-state index is 13.5. The number of nitrogens with one attached hydrogen (secondary N) is 1. The Bertz CT molecular complexity index is 887. The SMILES string of the molecule is CC1CN(Cc2ccccc2)CCN1C(=O)C1CC(=O)Nc2cc(F)ccc21. The number of amides is 2. The van der Waals surface area contributed by atoms with Crippen molar-refractivity contribution in [1.82, 2.24) is 9.80 Å². The highest BCUT2D eigenvalue weighted by Gasteiger charge is 2.37. The number of hydrogen-bond donors (Lipinski definition) is 1. The average molecular weight is 381 g/mol. The largest absolute Gasteiger partial charge is 0.337 e. The van der Waals surface area contributed by atoms with E-state index in [0.29, 0.717) is 17.8 Å². The average Bonchev–Trinajstić information content (AvgIpc) is 2.67. The molecule has 2 amide bonds. The Morgan fingerprint density at radius 3 is 2.71 bits per heavy atom. The molecule has 2 aliphatic rings. The minimum absolute atomic E-state index is 0.0467. The van der Waals surface area contributed by atoms with E-state index >= 15 is 0 Å². The predicted octanol–water partition coefficient (Wildman–Crippen LogP) is 2.98. The molecule has 0 aliphatic carbocycles. The van der Waals surface area contributed by atoms with Crippen LogP contribution in [-0.4, -0.2) is 47.3 Å². The molecule has 0 saturated carbocycles. The molecule has 4 rings (SSSR count). The molecule has 146 valence electrons. The number of hydrogen-bond acceptors (Lipinski definition) is 3. The normalized spacial score (nSPS) is 22.5. The number of rotatable bonds is 3. The Balaban J connectivity index is 1.47. The van der Waals surface area contributed by atoms with Crippen LogP contribution in [0, 0.1) is 5.82 Å². The van der Waals surface area contributed by atoms with E-state index in [1.807, 2.05) is 30.0 Å². The van der Waals surface area contributed by atoms with Crippen molar-refractivity contribution in [2.24, 2.45) is 0 Å². The van der Waals surface area contributed by atoms with Crippen LogP contribution in [0.2, 0.25) is 0 Å². The zero-order chi connectivity index (χ0) is 19.7. The summed E-state index contributed by atoms with van der Waals surface area (Å²) in [7, 11) is 0. The van der Waals surface area contributed by atoms with Crippen molar-refractivity contribution in [3.63, 3.8) is 0 Å². The first-order valence-electron chi connectivity index (χ1n) is 9.67. The Kier molecular flexibility index (Phi) is 5.13. The molecule has 5 nitrogen and oxygen atoms in total. The lowest BCUT2D eigenvalue weighted by Crippen LogP contribution is -2.55. The van der Waals surface area contributed by atoms with Crippen LogP contribution >= 0.6 is 0 Å². The molecule has 2 aliphatic heterocycles. The van der Waals surface area contributed by atoms with E-state index in [1.54, 1.807) is 6.07 Å². The number of carbonyl (C=O) groups is 2. The summed E-state index contributed by atoms with van der Waals surface area (Å²) in [6.45, 7) is 5.11. The van der Waals surface area contributed by atoms with Gasteiger partial charge in [-0.15, -0.1) is 0 Å². The fourth-order valence-electron chi connectivity index (χ4n) is 4.20. The van der Waals surface area contributed by atoms with Gasteiger partial charge >= 0.3 is 0 Å². The van der Waals surface area contributed by atoms with Crippen molar-refractivity contribution >= 4 is 17.5 Å². The van der Waals surface area contributed by atoms with Crippen molar-refractivity contribution < 1.29 is 14.0 Å². The summed E-state index contributed by atoms with van der Waals surface area (Å²) in [5, 5.41) is 2.68. The van der Waals surface area contributed by atoms with E-state index in [1.165, 1.54) is 17.7 Å². The van der Waals surface area contributed by atoms with E-state index in [9.17, 15) is 14.0 Å². The summed E-state index contributed by atoms with van der Waals surface area (Å²) in [5.41, 5.74) is 2.37. The second-order valence-corrected chi connectivity index (χ2v) is 7.64. The first-order chi connectivity index (χ1) is 13.5. The van der Waals surface area contributed by atoms with Gasteiger partial charge in [-0.25, -0.2) is 4.39 Å². The minimum Gasteiger partial charge on any atom is -0.337 e. The van der Waals surface area contributed by atoms with Gasteiger partial charge < -0.3 is 10.2 Å². The van der Waals surface area contributed by atoms with Crippen LogP contribution in [0.1, 0.15) is 30.4 Å².